The van der Waals surface area contributed by atoms with Crippen LogP contribution in [0.2, 0.25) is 0 Å². The lowest BCUT2D eigenvalue weighted by atomic mass is 9.97. The first-order chi connectivity index (χ1) is 21.0. The Hall–Kier alpha value is -3.88. The molecule has 0 bridgehead atoms. The number of hydrogen-bond acceptors (Lipinski definition) is 4. The number of aromatic amines is 2. The monoisotopic (exact) mass is 580 g/mol. The second-order valence-electron chi connectivity index (χ2n) is 12.4. The number of para-hydroxylation sites is 4. The van der Waals surface area contributed by atoms with Crippen molar-refractivity contribution in [2.45, 2.75) is 45.2 Å². The van der Waals surface area contributed by atoms with Crippen molar-refractivity contribution in [2.75, 3.05) is 39.8 Å². The Morgan fingerprint density at radius 2 is 1.21 bits per heavy atom. The molecule has 3 aromatic carbocycles. The summed E-state index contributed by atoms with van der Waals surface area (Å²) in [6.45, 7) is 7.26. The van der Waals surface area contributed by atoms with Gasteiger partial charge in [-0.25, -0.2) is 9.59 Å². The standard InChI is InChI=1S/C21H25N3O.C14H19N3O/c25-21-22-19-10-4-5-11-20(19)24(21)16-18-9-6-13-23(15-18)14-12-17-7-2-1-3-8-17;1-16-8-4-5-11(9-16)10-17-13-7-3-2-6-12(13)15-14(17)18/h1-5,7-8,10-11,18H,6,9,12-16H2,(H,22,25);2-3,6-7,11H,4-5,8-10H2,1H3,(H,15,18)/t18-;11-/m00/s1. The summed E-state index contributed by atoms with van der Waals surface area (Å²) in [5.41, 5.74) is 5.35. The summed E-state index contributed by atoms with van der Waals surface area (Å²) in [7, 11) is 2.16. The van der Waals surface area contributed by atoms with E-state index in [2.05, 4.69) is 57.1 Å². The summed E-state index contributed by atoms with van der Waals surface area (Å²) in [5.74, 6) is 1.13. The fraction of sp³-hybridized carbons (Fsp3) is 0.429. The van der Waals surface area contributed by atoms with E-state index in [1.807, 2.05) is 57.7 Å². The zero-order valence-corrected chi connectivity index (χ0v) is 25.3. The fourth-order valence-electron chi connectivity index (χ4n) is 6.95. The number of nitrogens with zero attached hydrogens (tertiary/aromatic N) is 4. The van der Waals surface area contributed by atoms with Gasteiger partial charge in [-0.3, -0.25) is 9.13 Å². The molecule has 2 aliphatic rings. The molecule has 2 N–H and O–H groups in total. The van der Waals surface area contributed by atoms with E-state index in [0.29, 0.717) is 11.8 Å². The molecule has 2 aromatic heterocycles. The van der Waals surface area contributed by atoms with Crippen LogP contribution in [-0.2, 0) is 19.5 Å². The number of fused-ring (bicyclic) bond motifs is 2. The third-order valence-corrected chi connectivity index (χ3v) is 9.13. The van der Waals surface area contributed by atoms with Gasteiger partial charge in [0.2, 0.25) is 0 Å². The molecule has 0 amide bonds. The highest BCUT2D eigenvalue weighted by molar-refractivity contribution is 5.75. The first-order valence-electron chi connectivity index (χ1n) is 15.8. The van der Waals surface area contributed by atoms with Gasteiger partial charge in [0.05, 0.1) is 22.1 Å². The van der Waals surface area contributed by atoms with E-state index in [4.69, 9.17) is 0 Å². The molecule has 2 atom stereocenters. The van der Waals surface area contributed by atoms with Crippen molar-refractivity contribution >= 4 is 22.1 Å². The van der Waals surface area contributed by atoms with Crippen molar-refractivity contribution in [3.05, 3.63) is 105 Å². The van der Waals surface area contributed by atoms with E-state index in [0.717, 1.165) is 61.2 Å². The van der Waals surface area contributed by atoms with Crippen LogP contribution < -0.4 is 11.4 Å². The van der Waals surface area contributed by atoms with Gasteiger partial charge in [0, 0.05) is 32.7 Å². The Balaban J connectivity index is 0.000000162. The predicted octanol–water partition coefficient (Wildman–Crippen LogP) is 4.96. The van der Waals surface area contributed by atoms with E-state index in [1.165, 1.54) is 44.3 Å². The number of imidazole rings is 2. The zero-order valence-electron chi connectivity index (χ0n) is 25.3. The van der Waals surface area contributed by atoms with E-state index < -0.39 is 0 Å². The number of benzene rings is 3. The summed E-state index contributed by atoms with van der Waals surface area (Å²) in [6.07, 6.45) is 5.97. The summed E-state index contributed by atoms with van der Waals surface area (Å²) >= 11 is 0. The maximum atomic E-state index is 12.3. The Morgan fingerprint density at radius 3 is 1.81 bits per heavy atom. The van der Waals surface area contributed by atoms with Crippen LogP contribution in [0.1, 0.15) is 31.2 Å². The van der Waals surface area contributed by atoms with Gasteiger partial charge in [0.1, 0.15) is 0 Å². The molecule has 0 radical (unpaired) electrons. The molecule has 8 heteroatoms. The van der Waals surface area contributed by atoms with Crippen molar-refractivity contribution < 1.29 is 0 Å². The van der Waals surface area contributed by atoms with Crippen LogP contribution >= 0.6 is 0 Å². The molecule has 5 aromatic rings. The average Bonchev–Trinajstić information content (AvgIpc) is 3.52. The molecular formula is C35H44N6O2. The number of aromatic nitrogens is 4. The normalized spacial score (nSPS) is 19.8. The molecular weight excluding hydrogens is 536 g/mol. The summed E-state index contributed by atoms with van der Waals surface area (Å²) in [5, 5.41) is 0. The summed E-state index contributed by atoms with van der Waals surface area (Å²) in [6, 6.07) is 26.6. The Bertz CT molecular complexity index is 1730. The minimum Gasteiger partial charge on any atom is -0.306 e. The Labute approximate surface area is 252 Å². The fourth-order valence-corrected chi connectivity index (χ4v) is 6.95. The van der Waals surface area contributed by atoms with Gasteiger partial charge in [-0.1, -0.05) is 54.6 Å². The summed E-state index contributed by atoms with van der Waals surface area (Å²) in [4.78, 5) is 35.1. The van der Waals surface area contributed by atoms with Gasteiger partial charge in [0.25, 0.3) is 0 Å². The van der Waals surface area contributed by atoms with Crippen molar-refractivity contribution in [3.8, 4) is 0 Å². The molecule has 8 nitrogen and oxygen atoms in total. The lowest BCUT2D eigenvalue weighted by molar-refractivity contribution is 0.164. The van der Waals surface area contributed by atoms with Gasteiger partial charge < -0.3 is 19.8 Å². The van der Waals surface area contributed by atoms with Gasteiger partial charge in [-0.05, 0) is 93.9 Å². The minimum absolute atomic E-state index is 0.0163. The maximum Gasteiger partial charge on any atom is 0.326 e. The predicted molar refractivity (Wildman–Crippen MR) is 175 cm³/mol. The molecule has 43 heavy (non-hydrogen) atoms. The Morgan fingerprint density at radius 1 is 0.674 bits per heavy atom. The molecule has 7 rings (SSSR count). The van der Waals surface area contributed by atoms with Crippen molar-refractivity contribution in [1.29, 1.82) is 0 Å². The van der Waals surface area contributed by atoms with Crippen LogP contribution in [-0.4, -0.2) is 68.7 Å². The highest BCUT2D eigenvalue weighted by Crippen LogP contribution is 2.21. The summed E-state index contributed by atoms with van der Waals surface area (Å²) < 4.78 is 3.81. The highest BCUT2D eigenvalue weighted by atomic mass is 16.1. The van der Waals surface area contributed by atoms with Gasteiger partial charge >= 0.3 is 11.4 Å². The van der Waals surface area contributed by atoms with E-state index in [9.17, 15) is 9.59 Å². The van der Waals surface area contributed by atoms with E-state index in [-0.39, 0.29) is 11.4 Å². The van der Waals surface area contributed by atoms with Crippen molar-refractivity contribution in [3.63, 3.8) is 0 Å². The maximum absolute atomic E-state index is 12.3. The van der Waals surface area contributed by atoms with Crippen LogP contribution in [0.15, 0.2) is 88.5 Å². The zero-order chi connectivity index (χ0) is 29.6. The molecule has 0 spiro atoms. The number of nitrogens with one attached hydrogen (secondary N) is 2. The quantitative estimate of drug-likeness (QED) is 0.285. The van der Waals surface area contributed by atoms with Crippen LogP contribution in [0.25, 0.3) is 22.1 Å². The largest absolute Gasteiger partial charge is 0.326 e. The van der Waals surface area contributed by atoms with Gasteiger partial charge in [-0.15, -0.1) is 0 Å². The lowest BCUT2D eigenvalue weighted by Gasteiger charge is -2.32. The molecule has 226 valence electrons. The second-order valence-corrected chi connectivity index (χ2v) is 12.4. The first kappa shape index (κ1) is 29.2. The van der Waals surface area contributed by atoms with E-state index in [1.54, 1.807) is 0 Å². The third-order valence-electron chi connectivity index (χ3n) is 9.13. The Kier molecular flexibility index (Phi) is 9.24. The molecule has 0 unspecified atom stereocenters. The minimum atomic E-state index is 0.0163. The van der Waals surface area contributed by atoms with E-state index >= 15 is 0 Å². The smallest absolute Gasteiger partial charge is 0.306 e. The topological polar surface area (TPSA) is 82.1 Å². The number of piperidine rings is 2. The number of likely N-dealkylation sites (tertiary alicyclic amines) is 2. The van der Waals surface area contributed by atoms with Crippen molar-refractivity contribution in [1.82, 2.24) is 28.9 Å². The molecule has 2 fully saturated rings. The molecule has 2 aliphatic heterocycles. The first-order valence-corrected chi connectivity index (χ1v) is 15.8. The molecule has 4 heterocycles. The number of hydrogen-bond donors (Lipinski definition) is 2. The number of H-pyrrole nitrogens is 2. The third kappa shape index (κ3) is 7.20. The van der Waals surface area contributed by atoms with Crippen LogP contribution in [0.4, 0.5) is 0 Å². The molecule has 0 saturated carbocycles. The van der Waals surface area contributed by atoms with Crippen LogP contribution in [0.5, 0.6) is 0 Å². The second kappa shape index (κ2) is 13.6. The lowest BCUT2D eigenvalue weighted by Crippen LogP contribution is -2.39. The SMILES string of the molecule is CN1CCC[C@H](Cn2c(=O)[nH]c3ccccc32)C1.O=c1[nH]c2ccccc2n1C[C@H]1CCCN(CCc2ccccc2)C1. The average molecular weight is 581 g/mol. The number of rotatable bonds is 7. The molecule has 0 aliphatic carbocycles. The van der Waals surface area contributed by atoms with Gasteiger partial charge in [0.15, 0.2) is 0 Å². The van der Waals surface area contributed by atoms with Crippen LogP contribution in [0, 0.1) is 11.8 Å². The van der Waals surface area contributed by atoms with Crippen molar-refractivity contribution in [2.24, 2.45) is 11.8 Å². The molecule has 2 saturated heterocycles. The van der Waals surface area contributed by atoms with Crippen LogP contribution in [0.3, 0.4) is 0 Å². The highest BCUT2D eigenvalue weighted by Gasteiger charge is 2.22. The van der Waals surface area contributed by atoms with Gasteiger partial charge in [-0.2, -0.15) is 0 Å².